The minimum Gasteiger partial charge on any atom is -0.289 e. The van der Waals surface area contributed by atoms with Gasteiger partial charge in [-0.05, 0) is 49.2 Å². The van der Waals surface area contributed by atoms with Crippen molar-refractivity contribution in [1.82, 2.24) is 0 Å². The fourth-order valence-electron chi connectivity index (χ4n) is 1.94. The second-order valence-electron chi connectivity index (χ2n) is 4.40. The highest BCUT2D eigenvalue weighted by atomic mass is 35.5. The summed E-state index contributed by atoms with van der Waals surface area (Å²) in [4.78, 5) is 12.4. The number of carbonyl (C=O) groups excluding carboxylic acids is 1. The molecule has 0 amide bonds. The number of ketones is 1. The van der Waals surface area contributed by atoms with Crippen LogP contribution in [-0.2, 0) is 0 Å². The molecule has 0 saturated carbocycles. The molecule has 0 N–H and O–H groups in total. The Morgan fingerprint density at radius 2 is 1.20 bits per heavy atom. The van der Waals surface area contributed by atoms with Crippen molar-refractivity contribution < 1.29 is 13.6 Å². The quantitative estimate of drug-likeness (QED) is 0.703. The molecule has 0 unspecified atom stereocenters. The molecule has 0 bridgehead atoms. The normalized spacial score (nSPS) is 10.7. The summed E-state index contributed by atoms with van der Waals surface area (Å²) in [6, 6.07) is 5.46. The van der Waals surface area contributed by atoms with Gasteiger partial charge in [0.2, 0.25) is 0 Å². The molecular weight excluding hydrogens is 305 g/mol. The largest absolute Gasteiger partial charge is 0.289 e. The Hall–Kier alpha value is -1.45. The molecule has 0 spiro atoms. The fourth-order valence-corrected chi connectivity index (χ4v) is 2.35. The van der Waals surface area contributed by atoms with E-state index >= 15 is 0 Å². The predicted molar refractivity (Wildman–Crippen MR) is 75.7 cm³/mol. The van der Waals surface area contributed by atoms with Gasteiger partial charge in [0.05, 0.1) is 10.0 Å². The van der Waals surface area contributed by atoms with Crippen molar-refractivity contribution in [2.45, 2.75) is 13.8 Å². The second kappa shape index (κ2) is 5.51. The van der Waals surface area contributed by atoms with Crippen LogP contribution in [0.5, 0.6) is 0 Å². The summed E-state index contributed by atoms with van der Waals surface area (Å²) in [7, 11) is 0. The Morgan fingerprint density at radius 3 is 1.55 bits per heavy atom. The summed E-state index contributed by atoms with van der Waals surface area (Å²) in [5.74, 6) is -1.76. The number of halogens is 4. The van der Waals surface area contributed by atoms with Crippen LogP contribution >= 0.6 is 23.2 Å². The van der Waals surface area contributed by atoms with Gasteiger partial charge in [0.1, 0.15) is 11.6 Å². The summed E-state index contributed by atoms with van der Waals surface area (Å²) < 4.78 is 27.5. The van der Waals surface area contributed by atoms with Gasteiger partial charge in [-0.25, -0.2) is 8.78 Å². The Kier molecular flexibility index (Phi) is 4.11. The van der Waals surface area contributed by atoms with E-state index in [1.807, 2.05) is 0 Å². The zero-order valence-corrected chi connectivity index (χ0v) is 12.2. The van der Waals surface area contributed by atoms with Gasteiger partial charge in [0.25, 0.3) is 0 Å². The summed E-state index contributed by atoms with van der Waals surface area (Å²) in [6.07, 6.45) is 0. The molecule has 20 heavy (non-hydrogen) atoms. The Bertz CT molecular complexity index is 652. The average molecular weight is 315 g/mol. The molecule has 0 atom stereocenters. The first-order chi connectivity index (χ1) is 9.34. The lowest BCUT2D eigenvalue weighted by atomic mass is 9.95. The maximum Gasteiger partial charge on any atom is 0.193 e. The SMILES string of the molecule is Cc1c(C(=O)c2ccc(Cl)c(F)c2C)ccc(Cl)c1F. The summed E-state index contributed by atoms with van der Waals surface area (Å²) in [5.41, 5.74) is 0.572. The Morgan fingerprint density at radius 1 is 0.850 bits per heavy atom. The molecule has 2 aromatic rings. The topological polar surface area (TPSA) is 17.1 Å². The van der Waals surface area contributed by atoms with E-state index in [1.165, 1.54) is 38.1 Å². The van der Waals surface area contributed by atoms with Crippen LogP contribution in [0, 0.1) is 25.5 Å². The molecule has 0 aromatic heterocycles. The first-order valence-corrected chi connectivity index (χ1v) is 6.54. The van der Waals surface area contributed by atoms with Gasteiger partial charge >= 0.3 is 0 Å². The third-order valence-corrected chi connectivity index (χ3v) is 3.75. The highest BCUT2D eigenvalue weighted by molar-refractivity contribution is 6.31. The molecule has 0 fully saturated rings. The van der Waals surface area contributed by atoms with Crippen molar-refractivity contribution in [2.75, 3.05) is 0 Å². The van der Waals surface area contributed by atoms with E-state index in [4.69, 9.17) is 23.2 Å². The minimum atomic E-state index is -0.649. The third kappa shape index (κ3) is 2.43. The highest BCUT2D eigenvalue weighted by Crippen LogP contribution is 2.26. The molecule has 0 aliphatic heterocycles. The van der Waals surface area contributed by atoms with Crippen LogP contribution in [0.1, 0.15) is 27.0 Å². The van der Waals surface area contributed by atoms with E-state index in [9.17, 15) is 13.6 Å². The van der Waals surface area contributed by atoms with E-state index in [1.54, 1.807) is 0 Å². The van der Waals surface area contributed by atoms with Crippen molar-refractivity contribution in [3.05, 3.63) is 68.2 Å². The highest BCUT2D eigenvalue weighted by Gasteiger charge is 2.20. The number of rotatable bonds is 2. The standard InChI is InChI=1S/C15H10Cl2F2O/c1-7-9(3-5-11(16)13(7)18)15(20)10-4-6-12(17)14(19)8(10)2/h3-6H,1-2H3. The van der Waals surface area contributed by atoms with Crippen molar-refractivity contribution in [3.8, 4) is 0 Å². The van der Waals surface area contributed by atoms with Gasteiger partial charge in [-0.15, -0.1) is 0 Å². The molecule has 1 nitrogen and oxygen atoms in total. The van der Waals surface area contributed by atoms with Crippen LogP contribution in [-0.4, -0.2) is 5.78 Å². The van der Waals surface area contributed by atoms with Gasteiger partial charge in [0, 0.05) is 11.1 Å². The van der Waals surface area contributed by atoms with E-state index in [0.717, 1.165) is 0 Å². The molecule has 0 saturated heterocycles. The van der Waals surface area contributed by atoms with Crippen LogP contribution < -0.4 is 0 Å². The first-order valence-electron chi connectivity index (χ1n) is 5.78. The van der Waals surface area contributed by atoms with Gasteiger partial charge in [-0.2, -0.15) is 0 Å². The summed E-state index contributed by atoms with van der Waals surface area (Å²) in [6.45, 7) is 2.91. The van der Waals surface area contributed by atoms with Crippen molar-refractivity contribution >= 4 is 29.0 Å². The van der Waals surface area contributed by atoms with Crippen molar-refractivity contribution in [3.63, 3.8) is 0 Å². The zero-order valence-electron chi connectivity index (χ0n) is 10.7. The second-order valence-corrected chi connectivity index (χ2v) is 5.21. The number of carbonyl (C=O) groups is 1. The van der Waals surface area contributed by atoms with Gasteiger partial charge in [0.15, 0.2) is 5.78 Å². The molecule has 0 heterocycles. The lowest BCUT2D eigenvalue weighted by molar-refractivity contribution is 0.103. The van der Waals surface area contributed by atoms with E-state index in [0.29, 0.717) is 0 Å². The number of hydrogen-bond acceptors (Lipinski definition) is 1. The van der Waals surface area contributed by atoms with E-state index in [2.05, 4.69) is 0 Å². The van der Waals surface area contributed by atoms with Gasteiger partial charge in [-0.3, -0.25) is 4.79 Å². The van der Waals surface area contributed by atoms with Crippen LogP contribution in [0.2, 0.25) is 10.0 Å². The molecule has 0 radical (unpaired) electrons. The lowest BCUT2D eigenvalue weighted by Gasteiger charge is -2.10. The molecule has 5 heteroatoms. The predicted octanol–water partition coefficient (Wildman–Crippen LogP) is 5.12. The number of benzene rings is 2. The molecular formula is C15H10Cl2F2O. The van der Waals surface area contributed by atoms with Gasteiger partial charge < -0.3 is 0 Å². The van der Waals surface area contributed by atoms with Crippen LogP contribution in [0.25, 0.3) is 0 Å². The average Bonchev–Trinajstić information content (AvgIpc) is 2.42. The lowest BCUT2D eigenvalue weighted by Crippen LogP contribution is -2.08. The molecule has 104 valence electrons. The van der Waals surface area contributed by atoms with E-state index < -0.39 is 17.4 Å². The Labute approximate surface area is 125 Å². The van der Waals surface area contributed by atoms with E-state index in [-0.39, 0.29) is 32.3 Å². The minimum absolute atomic E-state index is 0.0574. The van der Waals surface area contributed by atoms with Crippen molar-refractivity contribution in [1.29, 1.82) is 0 Å². The summed E-state index contributed by atoms with van der Waals surface area (Å²) in [5, 5.41) is -0.115. The van der Waals surface area contributed by atoms with Crippen LogP contribution in [0.4, 0.5) is 8.78 Å². The molecule has 2 rings (SSSR count). The molecule has 0 aliphatic rings. The zero-order chi connectivity index (χ0) is 15.0. The first kappa shape index (κ1) is 14.9. The van der Waals surface area contributed by atoms with Gasteiger partial charge in [-0.1, -0.05) is 23.2 Å². The molecule has 0 aliphatic carbocycles. The summed E-state index contributed by atoms with van der Waals surface area (Å²) >= 11 is 11.3. The smallest absolute Gasteiger partial charge is 0.193 e. The fraction of sp³-hybridized carbons (Fsp3) is 0.133. The maximum atomic E-state index is 13.7. The molecule has 2 aromatic carbocycles. The van der Waals surface area contributed by atoms with Crippen LogP contribution in [0.3, 0.4) is 0 Å². The van der Waals surface area contributed by atoms with Crippen molar-refractivity contribution in [2.24, 2.45) is 0 Å². The maximum absolute atomic E-state index is 13.7. The Balaban J connectivity index is 2.58. The number of hydrogen-bond donors (Lipinski definition) is 0. The third-order valence-electron chi connectivity index (χ3n) is 3.17. The monoisotopic (exact) mass is 314 g/mol. The van der Waals surface area contributed by atoms with Crippen LogP contribution in [0.15, 0.2) is 24.3 Å².